The second-order valence-corrected chi connectivity index (χ2v) is 7.25. The molecule has 0 aromatic heterocycles. The number of benzene rings is 2. The van der Waals surface area contributed by atoms with Gasteiger partial charge in [-0.2, -0.15) is 0 Å². The molecule has 0 amide bonds. The minimum Gasteiger partial charge on any atom is -0.454 e. The van der Waals surface area contributed by atoms with Crippen molar-refractivity contribution in [2.45, 2.75) is 0 Å². The first-order valence-corrected chi connectivity index (χ1v) is 8.92. The standard InChI is InChI=1S/C17H8Cl2INO4/c18-11-2-1-9(20)5-10(11)16-21-13(17(22)25-16)3-8-4-14-15(6-12(8)19)24-7-23-14/h1-6H,7H2/b13-3+. The van der Waals surface area contributed by atoms with E-state index in [0.717, 1.165) is 3.57 Å². The van der Waals surface area contributed by atoms with Crippen molar-refractivity contribution in [3.63, 3.8) is 0 Å². The van der Waals surface area contributed by atoms with E-state index in [2.05, 4.69) is 27.6 Å². The van der Waals surface area contributed by atoms with Crippen molar-refractivity contribution in [2.75, 3.05) is 6.79 Å². The Bertz CT molecular complexity index is 971. The summed E-state index contributed by atoms with van der Waals surface area (Å²) in [5.74, 6) is 0.721. The van der Waals surface area contributed by atoms with Crippen LogP contribution in [0, 0.1) is 3.57 Å². The lowest BCUT2D eigenvalue weighted by Crippen LogP contribution is -2.06. The Morgan fingerprint density at radius 3 is 2.64 bits per heavy atom. The molecule has 5 nitrogen and oxygen atoms in total. The lowest BCUT2D eigenvalue weighted by Gasteiger charge is -2.02. The summed E-state index contributed by atoms with van der Waals surface area (Å²) in [5.41, 5.74) is 1.27. The fourth-order valence-corrected chi connectivity index (χ4v) is 3.27. The molecule has 0 spiro atoms. The average molecular weight is 488 g/mol. The molecule has 2 aromatic carbocycles. The molecule has 0 fully saturated rings. The van der Waals surface area contributed by atoms with Crippen LogP contribution in [0.25, 0.3) is 6.08 Å². The number of carbonyl (C=O) groups excluding carboxylic acids is 1. The van der Waals surface area contributed by atoms with E-state index in [1.807, 2.05) is 6.07 Å². The van der Waals surface area contributed by atoms with Crippen LogP contribution in [0.5, 0.6) is 11.5 Å². The number of carbonyl (C=O) groups is 1. The lowest BCUT2D eigenvalue weighted by molar-refractivity contribution is -0.129. The number of fused-ring (bicyclic) bond motifs is 1. The predicted molar refractivity (Wildman–Crippen MR) is 102 cm³/mol. The van der Waals surface area contributed by atoms with Gasteiger partial charge in [-0.1, -0.05) is 23.2 Å². The summed E-state index contributed by atoms with van der Waals surface area (Å²) in [6, 6.07) is 8.71. The summed E-state index contributed by atoms with van der Waals surface area (Å²) in [6.07, 6.45) is 1.54. The van der Waals surface area contributed by atoms with E-state index < -0.39 is 5.97 Å². The van der Waals surface area contributed by atoms with Crippen LogP contribution in [0.15, 0.2) is 41.0 Å². The number of esters is 1. The molecule has 2 aromatic rings. The maximum atomic E-state index is 12.2. The zero-order chi connectivity index (χ0) is 17.6. The molecule has 0 bridgehead atoms. The van der Waals surface area contributed by atoms with Gasteiger partial charge in [-0.25, -0.2) is 9.79 Å². The number of halogens is 3. The Hall–Kier alpha value is -1.77. The van der Waals surface area contributed by atoms with Crippen LogP contribution >= 0.6 is 45.8 Å². The molecule has 126 valence electrons. The number of ether oxygens (including phenoxy) is 3. The van der Waals surface area contributed by atoms with Crippen molar-refractivity contribution >= 4 is 63.7 Å². The molecule has 4 rings (SSSR count). The fourth-order valence-electron chi connectivity index (χ4n) is 2.38. The Morgan fingerprint density at radius 2 is 1.84 bits per heavy atom. The van der Waals surface area contributed by atoms with Gasteiger partial charge in [0.15, 0.2) is 17.2 Å². The highest BCUT2D eigenvalue weighted by Crippen LogP contribution is 2.38. The maximum absolute atomic E-state index is 12.2. The van der Waals surface area contributed by atoms with Gasteiger partial charge in [0.1, 0.15) is 0 Å². The van der Waals surface area contributed by atoms with Crippen LogP contribution in [-0.2, 0) is 9.53 Å². The highest BCUT2D eigenvalue weighted by molar-refractivity contribution is 14.1. The lowest BCUT2D eigenvalue weighted by atomic mass is 10.1. The summed E-state index contributed by atoms with van der Waals surface area (Å²) in [6.45, 7) is 0.140. The summed E-state index contributed by atoms with van der Waals surface area (Å²) in [7, 11) is 0. The van der Waals surface area contributed by atoms with Crippen LogP contribution in [0.4, 0.5) is 0 Å². The zero-order valence-electron chi connectivity index (χ0n) is 12.4. The van der Waals surface area contributed by atoms with Crippen LogP contribution in [0.3, 0.4) is 0 Å². The second-order valence-electron chi connectivity index (χ2n) is 5.19. The molecule has 0 unspecified atom stereocenters. The monoisotopic (exact) mass is 487 g/mol. The van der Waals surface area contributed by atoms with Gasteiger partial charge in [-0.05, 0) is 58.5 Å². The number of nitrogens with zero attached hydrogens (tertiary/aromatic N) is 1. The van der Waals surface area contributed by atoms with E-state index >= 15 is 0 Å². The minimum atomic E-state index is -0.571. The SMILES string of the molecule is O=C1OC(c2cc(I)ccc2Cl)=N/C1=C/c1cc2c(cc1Cl)OCO2. The molecular formula is C17H8Cl2INO4. The third-order valence-corrected chi connectivity index (χ3v) is 4.89. The van der Waals surface area contributed by atoms with E-state index in [1.165, 1.54) is 0 Å². The number of hydrogen-bond donors (Lipinski definition) is 0. The van der Waals surface area contributed by atoms with Crippen LogP contribution in [-0.4, -0.2) is 18.7 Å². The van der Waals surface area contributed by atoms with E-state index in [0.29, 0.717) is 32.7 Å². The van der Waals surface area contributed by atoms with Crippen molar-refractivity contribution in [1.29, 1.82) is 0 Å². The van der Waals surface area contributed by atoms with Gasteiger partial charge in [-0.15, -0.1) is 0 Å². The van der Waals surface area contributed by atoms with E-state index in [-0.39, 0.29) is 18.4 Å². The topological polar surface area (TPSA) is 57.1 Å². The Labute approximate surface area is 166 Å². The molecule has 25 heavy (non-hydrogen) atoms. The average Bonchev–Trinajstić information content (AvgIpc) is 3.17. The van der Waals surface area contributed by atoms with Gasteiger partial charge in [0.2, 0.25) is 12.7 Å². The summed E-state index contributed by atoms with van der Waals surface area (Å²) in [5, 5.41) is 0.870. The van der Waals surface area contributed by atoms with E-state index in [4.69, 9.17) is 37.4 Å². The number of hydrogen-bond acceptors (Lipinski definition) is 5. The zero-order valence-corrected chi connectivity index (χ0v) is 16.1. The van der Waals surface area contributed by atoms with Crippen LogP contribution in [0.2, 0.25) is 10.0 Å². The van der Waals surface area contributed by atoms with Gasteiger partial charge in [0.05, 0.1) is 15.6 Å². The molecule has 2 aliphatic rings. The molecular weight excluding hydrogens is 480 g/mol. The first-order chi connectivity index (χ1) is 12.0. The largest absolute Gasteiger partial charge is 0.454 e. The van der Waals surface area contributed by atoms with E-state index in [1.54, 1.807) is 30.3 Å². The molecule has 0 aliphatic carbocycles. The number of cyclic esters (lactones) is 1. The molecule has 0 saturated heterocycles. The molecule has 2 aliphatic heterocycles. The third-order valence-electron chi connectivity index (χ3n) is 3.56. The van der Waals surface area contributed by atoms with Gasteiger partial charge < -0.3 is 14.2 Å². The second kappa shape index (κ2) is 6.51. The first-order valence-electron chi connectivity index (χ1n) is 7.08. The van der Waals surface area contributed by atoms with Crippen molar-refractivity contribution in [3.05, 3.63) is 60.8 Å². The van der Waals surface area contributed by atoms with Crippen molar-refractivity contribution in [2.24, 2.45) is 4.99 Å². The maximum Gasteiger partial charge on any atom is 0.363 e. The summed E-state index contributed by atoms with van der Waals surface area (Å²) in [4.78, 5) is 16.4. The van der Waals surface area contributed by atoms with Gasteiger partial charge in [0, 0.05) is 9.64 Å². The van der Waals surface area contributed by atoms with Crippen molar-refractivity contribution < 1.29 is 19.0 Å². The Kier molecular flexibility index (Phi) is 4.35. The molecule has 0 saturated carbocycles. The van der Waals surface area contributed by atoms with E-state index in [9.17, 15) is 4.79 Å². The summed E-state index contributed by atoms with van der Waals surface area (Å²) >= 11 is 14.6. The molecule has 8 heteroatoms. The van der Waals surface area contributed by atoms with Gasteiger partial charge in [-0.3, -0.25) is 0 Å². The first kappa shape index (κ1) is 16.7. The smallest absolute Gasteiger partial charge is 0.363 e. The third kappa shape index (κ3) is 3.21. The highest BCUT2D eigenvalue weighted by Gasteiger charge is 2.26. The molecule has 0 radical (unpaired) electrons. The van der Waals surface area contributed by atoms with Crippen molar-refractivity contribution in [3.8, 4) is 11.5 Å². The molecule has 0 N–H and O–H groups in total. The Balaban J connectivity index is 1.73. The number of rotatable bonds is 2. The van der Waals surface area contributed by atoms with Crippen LogP contribution < -0.4 is 9.47 Å². The van der Waals surface area contributed by atoms with Gasteiger partial charge >= 0.3 is 5.97 Å². The quantitative estimate of drug-likeness (QED) is 0.351. The van der Waals surface area contributed by atoms with Crippen LogP contribution in [0.1, 0.15) is 11.1 Å². The normalized spacial score (nSPS) is 17.0. The molecule has 0 atom stereocenters. The highest BCUT2D eigenvalue weighted by atomic mass is 127. The number of aliphatic imine (C=N–C) groups is 1. The Morgan fingerprint density at radius 1 is 1.08 bits per heavy atom. The minimum absolute atomic E-state index is 0.130. The molecule has 2 heterocycles. The van der Waals surface area contributed by atoms with Crippen molar-refractivity contribution in [1.82, 2.24) is 0 Å². The summed E-state index contributed by atoms with van der Waals surface area (Å²) < 4.78 is 16.8. The van der Waals surface area contributed by atoms with Gasteiger partial charge in [0.25, 0.3) is 0 Å². The fraction of sp³-hybridized carbons (Fsp3) is 0.0588. The predicted octanol–water partition coefficient (Wildman–Crippen LogP) is 4.67.